The van der Waals surface area contributed by atoms with E-state index >= 15 is 0 Å². The van der Waals surface area contributed by atoms with E-state index in [1.807, 2.05) is 147 Å². The third kappa shape index (κ3) is 30.6. The Kier molecular flexibility index (Phi) is 34.8. The topological polar surface area (TPSA) is 36.9 Å². The average molecular weight is 1370 g/mol. The largest absolute Gasteiger partial charge is 0.516 e. The number of aryl methyl sites for hydroxylation is 14. The van der Waals surface area contributed by atoms with Crippen LogP contribution in [0.5, 0.6) is 34.5 Å². The van der Waals surface area contributed by atoms with E-state index in [4.69, 9.17) is 18.9 Å². The molecule has 0 aliphatic heterocycles. The molecule has 0 N–H and O–H groups in total. The number of hydrogen-bond acceptors (Lipinski definition) is 4. The number of hydrogen-bond donors (Lipinski definition) is 0. The van der Waals surface area contributed by atoms with Gasteiger partial charge in [-0.25, -0.2) is 0 Å². The van der Waals surface area contributed by atoms with Crippen molar-refractivity contribution >= 4 is 10.8 Å². The molecule has 0 unspecified atom stereocenters. The van der Waals surface area contributed by atoms with Crippen LogP contribution in [0, 0.1) is 109 Å². The van der Waals surface area contributed by atoms with Gasteiger partial charge >= 0.3 is 0 Å². The van der Waals surface area contributed by atoms with E-state index in [0.29, 0.717) is 13.2 Å². The van der Waals surface area contributed by atoms with Gasteiger partial charge in [-0.15, -0.1) is 24.3 Å². The van der Waals surface area contributed by atoms with Crippen LogP contribution in [0.2, 0.25) is 0 Å². The molecular formula is C86H90O4Y2-2. The zero-order valence-corrected chi connectivity index (χ0v) is 62.3. The fourth-order valence-corrected chi connectivity index (χ4v) is 8.58. The quantitative estimate of drug-likeness (QED) is 0.101. The van der Waals surface area contributed by atoms with Crippen molar-refractivity contribution in [3.8, 4) is 45.6 Å². The Labute approximate surface area is 602 Å². The second kappa shape index (κ2) is 41.7. The molecule has 2 radical (unpaired) electrons. The molecule has 92 heavy (non-hydrogen) atoms. The molecular weight excluding hydrogens is 1270 g/mol. The van der Waals surface area contributed by atoms with Crippen molar-refractivity contribution in [1.29, 1.82) is 0 Å². The van der Waals surface area contributed by atoms with Crippen LogP contribution >= 0.6 is 0 Å². The molecule has 6 heteroatoms. The molecule has 12 aromatic carbocycles. The summed E-state index contributed by atoms with van der Waals surface area (Å²) < 4.78 is 22.4. The molecule has 12 rings (SSSR count). The van der Waals surface area contributed by atoms with Crippen LogP contribution in [0.15, 0.2) is 267 Å². The Morgan fingerprint density at radius 1 is 0.228 bits per heavy atom. The number of benzene rings is 12. The standard InChI is InChI=1S/C16H16O2.2C14H14O.C14H14.C12H12.2C8H10.2Y/c1-13-3-7-15(8-4-13)17-11-12-18-16-9-5-14(2)6-10-16;2*1-11-3-7-13(8-4-11)15-14-9-5-12(2)6-10-14;1-11-3-7-13(8-4-11)14-9-5-12(2)6-10-14;1-9-3-5-12-8-10(2)4-6-11(12)7-9;1-7-3-5-8(2)6-4-7;1-7-4-3-5-8(2)6-7;;/h3-7,9H,11-12H2,1-2H3;2*3-10H,1-2H3;3-10H,1-2H3;3-8H,1-2H3;2*3-6H,1-2H3;;/q-2;;;;;;;;. The van der Waals surface area contributed by atoms with Crippen molar-refractivity contribution in [3.05, 3.63) is 357 Å². The fraction of sp³-hybridized carbons (Fsp3) is 0.186. The summed E-state index contributed by atoms with van der Waals surface area (Å²) >= 11 is 0. The summed E-state index contributed by atoms with van der Waals surface area (Å²) in [5.74, 6) is 5.01. The summed E-state index contributed by atoms with van der Waals surface area (Å²) in [6.45, 7) is 30.2. The van der Waals surface area contributed by atoms with E-state index < -0.39 is 0 Å². The van der Waals surface area contributed by atoms with Gasteiger partial charge in [0.1, 0.15) is 36.2 Å². The summed E-state index contributed by atoms with van der Waals surface area (Å²) in [7, 11) is 0. The predicted molar refractivity (Wildman–Crippen MR) is 382 cm³/mol. The van der Waals surface area contributed by atoms with Gasteiger partial charge in [0.05, 0.1) is 0 Å². The van der Waals surface area contributed by atoms with Crippen molar-refractivity contribution in [3.63, 3.8) is 0 Å². The fourth-order valence-electron chi connectivity index (χ4n) is 8.58. The van der Waals surface area contributed by atoms with Gasteiger partial charge in [-0.2, -0.15) is 35.4 Å². The van der Waals surface area contributed by atoms with Crippen molar-refractivity contribution in [2.45, 2.75) is 96.9 Å². The van der Waals surface area contributed by atoms with Gasteiger partial charge in [0.25, 0.3) is 0 Å². The summed E-state index contributed by atoms with van der Waals surface area (Å²) in [5.41, 5.74) is 20.5. The van der Waals surface area contributed by atoms with Gasteiger partial charge in [0, 0.05) is 76.9 Å². The van der Waals surface area contributed by atoms with E-state index in [1.54, 1.807) is 0 Å². The molecule has 0 saturated carbocycles. The normalized spacial score (nSPS) is 9.76. The smallest absolute Gasteiger partial charge is 0.127 e. The molecule has 0 spiro atoms. The van der Waals surface area contributed by atoms with Gasteiger partial charge in [-0.1, -0.05) is 263 Å². The van der Waals surface area contributed by atoms with Crippen molar-refractivity contribution in [1.82, 2.24) is 0 Å². The zero-order valence-electron chi connectivity index (χ0n) is 56.6. The van der Waals surface area contributed by atoms with Crippen LogP contribution in [0.1, 0.15) is 77.9 Å². The first-order chi connectivity index (χ1) is 43.3. The Morgan fingerprint density at radius 2 is 0.457 bits per heavy atom. The van der Waals surface area contributed by atoms with Crippen molar-refractivity contribution in [2.75, 3.05) is 13.2 Å². The second-order valence-electron chi connectivity index (χ2n) is 23.0. The zero-order chi connectivity index (χ0) is 64.6. The minimum absolute atomic E-state index is 0. The minimum Gasteiger partial charge on any atom is -0.516 e. The molecule has 0 aromatic heterocycles. The van der Waals surface area contributed by atoms with E-state index in [1.165, 1.54) is 99.8 Å². The Bertz CT molecular complexity index is 3610. The molecule has 0 heterocycles. The van der Waals surface area contributed by atoms with Crippen molar-refractivity contribution < 1.29 is 84.4 Å². The van der Waals surface area contributed by atoms with Gasteiger partial charge in [-0.3, -0.25) is 0 Å². The summed E-state index contributed by atoms with van der Waals surface area (Å²) in [6.07, 6.45) is 0. The molecule has 466 valence electrons. The Hall–Kier alpha value is -7.69. The van der Waals surface area contributed by atoms with Crippen molar-refractivity contribution in [2.24, 2.45) is 0 Å². The Morgan fingerprint density at radius 3 is 0.696 bits per heavy atom. The third-order valence-corrected chi connectivity index (χ3v) is 14.0. The first-order valence-corrected chi connectivity index (χ1v) is 30.8. The van der Waals surface area contributed by atoms with Crippen LogP contribution in [0.3, 0.4) is 0 Å². The summed E-state index contributed by atoms with van der Waals surface area (Å²) in [5, 5.41) is 2.67. The monoisotopic (exact) mass is 1360 g/mol. The number of fused-ring (bicyclic) bond motifs is 1. The van der Waals surface area contributed by atoms with Crippen LogP contribution in [-0.4, -0.2) is 13.2 Å². The third-order valence-electron chi connectivity index (χ3n) is 14.0. The van der Waals surface area contributed by atoms with Crippen LogP contribution in [0.4, 0.5) is 0 Å². The van der Waals surface area contributed by atoms with Crippen LogP contribution in [0.25, 0.3) is 21.9 Å². The summed E-state index contributed by atoms with van der Waals surface area (Å²) in [4.78, 5) is 0. The first kappa shape index (κ1) is 76.8. The van der Waals surface area contributed by atoms with Gasteiger partial charge < -0.3 is 18.9 Å². The first-order valence-electron chi connectivity index (χ1n) is 30.8. The van der Waals surface area contributed by atoms with E-state index in [9.17, 15) is 0 Å². The molecule has 0 aliphatic rings. The van der Waals surface area contributed by atoms with E-state index in [0.717, 1.165) is 34.5 Å². The van der Waals surface area contributed by atoms with Crippen LogP contribution < -0.4 is 18.9 Å². The van der Waals surface area contributed by atoms with Gasteiger partial charge in [0.2, 0.25) is 0 Å². The molecule has 0 fully saturated rings. The maximum absolute atomic E-state index is 5.69. The van der Waals surface area contributed by atoms with E-state index in [-0.39, 0.29) is 65.4 Å². The molecule has 12 aromatic rings. The molecule has 0 bridgehead atoms. The predicted octanol–water partition coefficient (Wildman–Crippen LogP) is 23.6. The minimum atomic E-state index is 0. The number of ether oxygens (including phenoxy) is 4. The van der Waals surface area contributed by atoms with Crippen LogP contribution in [-0.2, 0) is 65.4 Å². The summed E-state index contributed by atoms with van der Waals surface area (Å²) in [6, 6.07) is 97.2. The molecule has 0 amide bonds. The molecule has 4 nitrogen and oxygen atoms in total. The maximum atomic E-state index is 5.69. The van der Waals surface area contributed by atoms with E-state index in [2.05, 4.69) is 229 Å². The maximum Gasteiger partial charge on any atom is 0.127 e. The van der Waals surface area contributed by atoms with Gasteiger partial charge in [-0.05, 0) is 154 Å². The number of rotatable bonds is 10. The molecule has 0 atom stereocenters. The molecule has 0 aliphatic carbocycles. The average Bonchev–Trinajstić information content (AvgIpc) is 1.75. The SMILES string of the molecule is Cc1c[c-]c(OCCOc2[c-]cc(C)cc2)cc1.Cc1ccc(-c2ccc(C)cc2)cc1.Cc1ccc(C)cc1.Cc1ccc(Oc2ccc(C)cc2)cc1.Cc1ccc(Oc2ccc(C)cc2)cc1.Cc1ccc2cc(C)ccc2c1.Cc1cccc(C)c1.[Y].[Y]. The Balaban J connectivity index is 0.000000231. The van der Waals surface area contributed by atoms with Gasteiger partial charge in [0.15, 0.2) is 0 Å². The molecule has 0 saturated heterocycles. The second-order valence-corrected chi connectivity index (χ2v) is 23.0.